The number of thiazole rings is 1. The van der Waals surface area contributed by atoms with Gasteiger partial charge in [0.15, 0.2) is 34.4 Å². The Morgan fingerprint density at radius 2 is 1.78 bits per heavy atom. The van der Waals surface area contributed by atoms with E-state index in [9.17, 15) is 14.4 Å². The normalized spacial score (nSPS) is 14.9. The number of rotatable bonds is 12. The Hall–Kier alpha value is -5.08. The summed E-state index contributed by atoms with van der Waals surface area (Å²) in [5, 5.41) is 0. The molecule has 0 aliphatic carbocycles. The minimum Gasteiger partial charge on any atom is -0.490 e. The average molecular weight is 766 g/mol. The van der Waals surface area contributed by atoms with E-state index in [4.69, 9.17) is 28.4 Å². The van der Waals surface area contributed by atoms with Crippen LogP contribution in [0.25, 0.3) is 6.08 Å². The third-order valence-corrected chi connectivity index (χ3v) is 9.36. The quantitative estimate of drug-likeness (QED) is 0.185. The van der Waals surface area contributed by atoms with Gasteiger partial charge in [-0.15, -0.1) is 0 Å². The van der Waals surface area contributed by atoms with Crippen LogP contribution >= 0.6 is 27.3 Å². The molecule has 4 aromatic rings. The summed E-state index contributed by atoms with van der Waals surface area (Å²) in [5.74, 6) is 1.52. The van der Waals surface area contributed by atoms with E-state index >= 15 is 0 Å². The maximum absolute atomic E-state index is 14.2. The maximum atomic E-state index is 14.2. The highest BCUT2D eigenvalue weighted by atomic mass is 79.9. The lowest BCUT2D eigenvalue weighted by molar-refractivity contribution is -0.143. The summed E-state index contributed by atoms with van der Waals surface area (Å²) in [6.07, 6.45) is 1.77. The molecule has 0 saturated carbocycles. The summed E-state index contributed by atoms with van der Waals surface area (Å²) in [4.78, 5) is 44.3. The minimum atomic E-state index is -0.875. The van der Waals surface area contributed by atoms with Crippen molar-refractivity contribution >= 4 is 45.3 Å². The molecule has 2 aliphatic rings. The predicted octanol–water partition coefficient (Wildman–Crippen LogP) is 4.82. The summed E-state index contributed by atoms with van der Waals surface area (Å²) < 4.78 is 41.1. The van der Waals surface area contributed by atoms with Gasteiger partial charge in [-0.05, 0) is 95.9 Å². The second-order valence-electron chi connectivity index (χ2n) is 11.0. The van der Waals surface area contributed by atoms with Gasteiger partial charge in [0, 0.05) is 0 Å². The third-order valence-electron chi connectivity index (χ3n) is 7.76. The van der Waals surface area contributed by atoms with E-state index in [0.29, 0.717) is 67.0 Å². The van der Waals surface area contributed by atoms with Gasteiger partial charge in [-0.25, -0.2) is 14.6 Å². The number of ether oxygens (including phenoxy) is 7. The molecular weight excluding hydrogens is 732 g/mol. The van der Waals surface area contributed by atoms with Crippen LogP contribution in [0.3, 0.4) is 0 Å². The minimum absolute atomic E-state index is 0.141. The molecule has 0 N–H and O–H groups in total. The Kier molecular flexibility index (Phi) is 10.6. The largest absolute Gasteiger partial charge is 0.490 e. The summed E-state index contributed by atoms with van der Waals surface area (Å²) in [5.41, 5.74) is 2.56. The molecule has 1 aromatic heterocycles. The summed E-state index contributed by atoms with van der Waals surface area (Å²) >= 11 is 4.81. The Balaban J connectivity index is 1.34. The van der Waals surface area contributed by atoms with Crippen LogP contribution in [0.5, 0.6) is 28.7 Å². The first-order valence-electron chi connectivity index (χ1n) is 15.7. The number of methoxy groups -OCH3 is 1. The molecule has 6 rings (SSSR count). The Bertz CT molecular complexity index is 2170. The van der Waals surface area contributed by atoms with E-state index in [-0.39, 0.29) is 31.1 Å². The van der Waals surface area contributed by atoms with E-state index < -0.39 is 18.0 Å². The second-order valence-corrected chi connectivity index (χ2v) is 12.8. The first-order valence-corrected chi connectivity index (χ1v) is 17.3. The fourth-order valence-electron chi connectivity index (χ4n) is 5.45. The number of nitrogens with zero attached hydrogens (tertiary/aromatic N) is 2. The summed E-state index contributed by atoms with van der Waals surface area (Å²) in [7, 11) is 1.27. The molecule has 0 unspecified atom stereocenters. The van der Waals surface area contributed by atoms with Gasteiger partial charge in [-0.2, -0.15) is 0 Å². The van der Waals surface area contributed by atoms with Crippen molar-refractivity contribution in [3.63, 3.8) is 0 Å². The average Bonchev–Trinajstić information content (AvgIpc) is 3.70. The molecule has 3 heterocycles. The molecule has 0 saturated heterocycles. The van der Waals surface area contributed by atoms with E-state index in [2.05, 4.69) is 25.7 Å². The van der Waals surface area contributed by atoms with Crippen LogP contribution in [0.1, 0.15) is 43.5 Å². The summed E-state index contributed by atoms with van der Waals surface area (Å²) in [6.45, 7) is 5.89. The molecule has 0 fully saturated rings. The second kappa shape index (κ2) is 15.2. The molecular formula is C36H33BrN2O10S. The molecule has 0 radical (unpaired) electrons. The zero-order valence-corrected chi connectivity index (χ0v) is 30.1. The highest BCUT2D eigenvalue weighted by Crippen LogP contribution is 2.37. The SMILES string of the molecule is CCOC(=O)C1=C(C)N=c2s/c(=C\c3ccc(OCc4ccc5c(c4)OCO5)c(Br)c3)c(=O)n2[C@H]1c1ccc(OCC(=O)OC)c(OCC)c1. The Labute approximate surface area is 299 Å². The van der Waals surface area contributed by atoms with Crippen LogP contribution < -0.4 is 38.6 Å². The lowest BCUT2D eigenvalue weighted by Gasteiger charge is -2.25. The van der Waals surface area contributed by atoms with Crippen molar-refractivity contribution in [1.82, 2.24) is 4.57 Å². The molecule has 0 amide bonds. The number of fused-ring (bicyclic) bond motifs is 2. The van der Waals surface area contributed by atoms with Crippen LogP contribution in [0.15, 0.2) is 80.1 Å². The van der Waals surface area contributed by atoms with Gasteiger partial charge in [-0.3, -0.25) is 9.36 Å². The maximum Gasteiger partial charge on any atom is 0.343 e. The molecule has 50 heavy (non-hydrogen) atoms. The highest BCUT2D eigenvalue weighted by Gasteiger charge is 2.34. The zero-order valence-electron chi connectivity index (χ0n) is 27.6. The molecule has 12 nitrogen and oxygen atoms in total. The Morgan fingerprint density at radius 3 is 2.54 bits per heavy atom. The predicted molar refractivity (Wildman–Crippen MR) is 187 cm³/mol. The standard InChI is InChI=1S/C36H33BrN2O10S/c1-5-44-29-16-23(9-12-26(29)47-18-31(40)43-4)33-32(35(42)45-6-2)20(3)38-36-39(33)34(41)30(50-36)15-21-7-10-25(24(37)13-21)46-17-22-8-11-27-28(14-22)49-19-48-27/h7-16,33H,5-6,17-19H2,1-4H3/b30-15-/t33-/m0/s1. The number of carbonyl (C=O) groups excluding carboxylic acids is 2. The number of carbonyl (C=O) groups is 2. The first-order chi connectivity index (χ1) is 24.2. The van der Waals surface area contributed by atoms with Gasteiger partial charge in [0.2, 0.25) is 6.79 Å². The van der Waals surface area contributed by atoms with Crippen LogP contribution in [0.4, 0.5) is 0 Å². The third kappa shape index (κ3) is 7.26. The van der Waals surface area contributed by atoms with Gasteiger partial charge >= 0.3 is 11.9 Å². The number of halogens is 1. The van der Waals surface area contributed by atoms with Crippen LogP contribution in [-0.2, 0) is 25.7 Å². The number of allylic oxidation sites excluding steroid dienone is 1. The van der Waals surface area contributed by atoms with Crippen molar-refractivity contribution in [3.8, 4) is 28.7 Å². The highest BCUT2D eigenvalue weighted by molar-refractivity contribution is 9.10. The van der Waals surface area contributed by atoms with E-state index in [1.54, 1.807) is 38.1 Å². The van der Waals surface area contributed by atoms with Crippen molar-refractivity contribution in [2.45, 2.75) is 33.4 Å². The molecule has 0 bridgehead atoms. The van der Waals surface area contributed by atoms with Crippen LogP contribution in [0, 0.1) is 0 Å². The first kappa shape index (κ1) is 34.8. The van der Waals surface area contributed by atoms with Crippen molar-refractivity contribution in [2.75, 3.05) is 33.7 Å². The number of hydrogen-bond donors (Lipinski definition) is 0. The molecule has 3 aromatic carbocycles. The number of esters is 2. The fraction of sp³-hybridized carbons (Fsp3) is 0.278. The lowest BCUT2D eigenvalue weighted by atomic mass is 9.95. The number of benzene rings is 3. The molecule has 0 spiro atoms. The van der Waals surface area contributed by atoms with Crippen LogP contribution in [0.2, 0.25) is 0 Å². The van der Waals surface area contributed by atoms with Crippen LogP contribution in [-0.4, -0.2) is 50.2 Å². The van der Waals surface area contributed by atoms with Crippen molar-refractivity contribution in [3.05, 3.63) is 107 Å². The molecule has 1 atom stereocenters. The number of aromatic nitrogens is 1. The molecule has 14 heteroatoms. The number of hydrogen-bond acceptors (Lipinski definition) is 12. The lowest BCUT2D eigenvalue weighted by Crippen LogP contribution is -2.40. The van der Waals surface area contributed by atoms with E-state index in [1.807, 2.05) is 43.3 Å². The van der Waals surface area contributed by atoms with E-state index in [0.717, 1.165) is 11.1 Å². The monoisotopic (exact) mass is 764 g/mol. The van der Waals surface area contributed by atoms with Gasteiger partial charge < -0.3 is 33.2 Å². The Morgan fingerprint density at radius 1 is 0.980 bits per heavy atom. The van der Waals surface area contributed by atoms with Crippen molar-refractivity contribution in [2.24, 2.45) is 4.99 Å². The van der Waals surface area contributed by atoms with Crippen molar-refractivity contribution < 1.29 is 42.7 Å². The summed E-state index contributed by atoms with van der Waals surface area (Å²) in [6, 6.07) is 15.4. The zero-order chi connectivity index (χ0) is 35.4. The van der Waals surface area contributed by atoms with Gasteiger partial charge in [-0.1, -0.05) is 29.5 Å². The van der Waals surface area contributed by atoms with Crippen molar-refractivity contribution in [1.29, 1.82) is 0 Å². The molecule has 2 aliphatic heterocycles. The van der Waals surface area contributed by atoms with Gasteiger partial charge in [0.25, 0.3) is 5.56 Å². The smallest absolute Gasteiger partial charge is 0.343 e. The fourth-order valence-corrected chi connectivity index (χ4v) is 7.01. The van der Waals surface area contributed by atoms with Gasteiger partial charge in [0.1, 0.15) is 12.4 Å². The van der Waals surface area contributed by atoms with E-state index in [1.165, 1.54) is 23.0 Å². The molecule has 260 valence electrons. The van der Waals surface area contributed by atoms with Gasteiger partial charge in [0.05, 0.1) is 46.6 Å². The topological polar surface area (TPSA) is 133 Å².